The van der Waals surface area contributed by atoms with Crippen molar-refractivity contribution >= 4 is 18.2 Å². The van der Waals surface area contributed by atoms with Crippen molar-refractivity contribution in [3.05, 3.63) is 47.0 Å². The first-order chi connectivity index (χ1) is 22.8. The summed E-state index contributed by atoms with van der Waals surface area (Å²) < 4.78 is 5.15. The van der Waals surface area contributed by atoms with E-state index >= 15 is 0 Å². The van der Waals surface area contributed by atoms with Gasteiger partial charge < -0.3 is 20.9 Å². The molecular formula is C43H77KNO4-. The number of fused-ring (bicyclic) bond motifs is 3. The molecule has 49 heavy (non-hydrogen) atoms. The first-order valence-corrected chi connectivity index (χ1v) is 19.3. The molecule has 1 aliphatic heterocycles. The number of allylic oxidation sites excluding steroid dienone is 1. The predicted molar refractivity (Wildman–Crippen MR) is 208 cm³/mol. The van der Waals surface area contributed by atoms with Crippen LogP contribution in [0.2, 0.25) is 0 Å². The number of rotatable bonds is 13. The zero-order valence-corrected chi connectivity index (χ0v) is 38.2. The largest absolute Gasteiger partial charge is 1.00 e. The number of unbranched alkanes of at least 4 members (excludes halogenated alkanes) is 4. The van der Waals surface area contributed by atoms with Crippen LogP contribution in [0.1, 0.15) is 213 Å². The van der Waals surface area contributed by atoms with Gasteiger partial charge in [-0.1, -0.05) is 108 Å². The second kappa shape index (κ2) is 33.1. The Morgan fingerprint density at radius 1 is 0.959 bits per heavy atom. The molecule has 0 bridgehead atoms. The van der Waals surface area contributed by atoms with Crippen LogP contribution in [0.25, 0.3) is 0 Å². The molecule has 0 saturated carbocycles. The van der Waals surface area contributed by atoms with Crippen LogP contribution in [-0.2, 0) is 26.3 Å². The Morgan fingerprint density at radius 3 is 1.94 bits per heavy atom. The van der Waals surface area contributed by atoms with E-state index in [0.717, 1.165) is 50.1 Å². The van der Waals surface area contributed by atoms with Crippen LogP contribution in [0, 0.1) is 12.0 Å². The van der Waals surface area contributed by atoms with Gasteiger partial charge in [0.05, 0.1) is 0 Å². The third kappa shape index (κ3) is 23.4. The van der Waals surface area contributed by atoms with Crippen LogP contribution in [0.5, 0.6) is 0 Å². The first-order valence-electron chi connectivity index (χ1n) is 19.3. The number of benzene rings is 1. The summed E-state index contributed by atoms with van der Waals surface area (Å²) in [7, 11) is 0. The Hall–Kier alpha value is -0.794. The van der Waals surface area contributed by atoms with Gasteiger partial charge in [-0.25, -0.2) is 0 Å². The van der Waals surface area contributed by atoms with E-state index in [4.69, 9.17) is 4.74 Å². The second-order valence-electron chi connectivity index (χ2n) is 13.8. The smallest absolute Gasteiger partial charge is 0.542 e. The van der Waals surface area contributed by atoms with Crippen molar-refractivity contribution in [3.8, 4) is 0 Å². The Balaban J connectivity index is -0.000000308. The normalized spacial score (nSPS) is 14.3. The van der Waals surface area contributed by atoms with Gasteiger partial charge in [0.1, 0.15) is 5.60 Å². The van der Waals surface area contributed by atoms with E-state index in [0.29, 0.717) is 24.2 Å². The minimum atomic E-state index is -0.330. The van der Waals surface area contributed by atoms with Crippen molar-refractivity contribution in [1.82, 2.24) is 5.32 Å². The summed E-state index contributed by atoms with van der Waals surface area (Å²) >= 11 is 0. The monoisotopic (exact) mass is 711 g/mol. The molecule has 1 aliphatic carbocycles. The fourth-order valence-corrected chi connectivity index (χ4v) is 6.05. The van der Waals surface area contributed by atoms with Gasteiger partial charge in [-0.2, -0.15) is 12.8 Å². The molecular weight excluding hydrogens is 634 g/mol. The van der Waals surface area contributed by atoms with Crippen molar-refractivity contribution in [2.75, 3.05) is 0 Å². The Labute approximate surface area is 347 Å². The van der Waals surface area contributed by atoms with Gasteiger partial charge in [0, 0.05) is 18.5 Å². The first kappa shape index (κ1) is 55.0. The fourth-order valence-electron chi connectivity index (χ4n) is 6.05. The maximum absolute atomic E-state index is 12.0. The Bertz CT molecular complexity index is 980. The third-order valence-electron chi connectivity index (χ3n) is 7.63. The number of carbonyl (C=O) groups is 2. The van der Waals surface area contributed by atoms with Crippen molar-refractivity contribution in [3.63, 3.8) is 0 Å². The van der Waals surface area contributed by atoms with E-state index in [-0.39, 0.29) is 68.9 Å². The standard InChI is InChI=1S/C19H27NO.C10H20O2.C6H8O.C4H10.2C2H6.K/c1-4-9-19(10-5-2)11-13(6-3)17-15-12-20-18(21)14(15)7-8-16(17)19;1-5-6-7-8-9(11)12-10(2,3)4;1-2-3-4-5-6-7;1-4(2)3;2*1-2;/h7-8,13H,4-6,9-12H2,1-3H3,(H,20,21);5-8H2,1-4H3;1,3-5H2;4H,1-3H3;2*1-2H3;/q;;-2;;;;+1. The zero-order chi connectivity index (χ0) is 37.8. The molecule has 0 fully saturated rings. The van der Waals surface area contributed by atoms with Crippen LogP contribution in [0.15, 0.2) is 18.7 Å². The molecule has 1 unspecified atom stereocenters. The van der Waals surface area contributed by atoms with Crippen molar-refractivity contribution in [1.29, 1.82) is 0 Å². The predicted octanol–water partition coefficient (Wildman–Crippen LogP) is 9.55. The minimum absolute atomic E-state index is 0. The topological polar surface area (TPSA) is 72.5 Å². The molecule has 3 rings (SSSR count). The van der Waals surface area contributed by atoms with Crippen LogP contribution in [-0.4, -0.2) is 23.8 Å². The van der Waals surface area contributed by atoms with Crippen LogP contribution >= 0.6 is 0 Å². The quantitative estimate of drug-likeness (QED) is 0.0958. The van der Waals surface area contributed by atoms with Crippen LogP contribution in [0.3, 0.4) is 0 Å². The van der Waals surface area contributed by atoms with E-state index in [9.17, 15) is 14.4 Å². The molecule has 1 aromatic rings. The fraction of sp³-hybridized carbons (Fsp3) is 0.744. The second-order valence-corrected chi connectivity index (χ2v) is 13.8. The summed E-state index contributed by atoms with van der Waals surface area (Å²) in [5, 5.41) is 3.01. The van der Waals surface area contributed by atoms with E-state index in [1.807, 2.05) is 48.5 Å². The van der Waals surface area contributed by atoms with Gasteiger partial charge >= 0.3 is 57.4 Å². The Morgan fingerprint density at radius 2 is 1.51 bits per heavy atom. The molecule has 1 aromatic carbocycles. The summed E-state index contributed by atoms with van der Waals surface area (Å²) in [5.74, 6) is 1.52. The molecule has 1 amide bonds. The van der Waals surface area contributed by atoms with Crippen molar-refractivity contribution in [2.24, 2.45) is 5.92 Å². The van der Waals surface area contributed by atoms with Gasteiger partial charge in [0.2, 0.25) is 0 Å². The number of hydrogen-bond acceptors (Lipinski definition) is 4. The average molecular weight is 711 g/mol. The SMILES string of the molecule is C=[C-]CCC[C-]=O.CC.CC.CC(C)C.CCCC1(CCC)CC(CC)c2c1ccc1c2CNC1=O.CCCCCC(=O)OC(C)(C)C.[K+]. The maximum atomic E-state index is 12.0. The zero-order valence-electron chi connectivity index (χ0n) is 35.0. The molecule has 0 saturated heterocycles. The molecule has 6 heteroatoms. The van der Waals surface area contributed by atoms with E-state index in [2.05, 4.69) is 78.6 Å². The molecule has 2 aliphatic rings. The van der Waals surface area contributed by atoms with Crippen LogP contribution < -0.4 is 56.7 Å². The Kier molecular flexibility index (Phi) is 37.1. The molecule has 0 spiro atoms. The van der Waals surface area contributed by atoms with Gasteiger partial charge in [-0.05, 0) is 92.9 Å². The van der Waals surface area contributed by atoms with E-state index in [1.54, 1.807) is 11.8 Å². The maximum Gasteiger partial charge on any atom is 1.00 e. The van der Waals surface area contributed by atoms with Gasteiger partial charge in [-0.15, -0.1) is 6.42 Å². The molecule has 1 atom stereocenters. The number of carbonyl (C=O) groups excluding carboxylic acids is 3. The van der Waals surface area contributed by atoms with Gasteiger partial charge in [0.15, 0.2) is 0 Å². The number of ether oxygens (including phenoxy) is 1. The average Bonchev–Trinajstić information content (AvgIpc) is 3.57. The summed E-state index contributed by atoms with van der Waals surface area (Å²) in [6.07, 6.45) is 17.9. The molecule has 1 heterocycles. The summed E-state index contributed by atoms with van der Waals surface area (Å²) in [4.78, 5) is 32.6. The van der Waals surface area contributed by atoms with E-state index < -0.39 is 0 Å². The minimum Gasteiger partial charge on any atom is -0.542 e. The molecule has 1 N–H and O–H groups in total. The molecule has 0 aromatic heterocycles. The number of nitrogens with one attached hydrogen (secondary N) is 1. The molecule has 0 radical (unpaired) electrons. The molecule has 5 nitrogen and oxygen atoms in total. The number of hydrogen-bond donors (Lipinski definition) is 1. The van der Waals surface area contributed by atoms with E-state index in [1.165, 1.54) is 49.7 Å². The van der Waals surface area contributed by atoms with Crippen molar-refractivity contribution < 1.29 is 70.5 Å². The van der Waals surface area contributed by atoms with Crippen molar-refractivity contribution in [2.45, 2.75) is 204 Å². The van der Waals surface area contributed by atoms with Gasteiger partial charge in [0.25, 0.3) is 5.91 Å². The third-order valence-corrected chi connectivity index (χ3v) is 7.63. The summed E-state index contributed by atoms with van der Waals surface area (Å²) in [6, 6.07) is 4.36. The summed E-state index contributed by atoms with van der Waals surface area (Å²) in [6.45, 7) is 33.3. The summed E-state index contributed by atoms with van der Waals surface area (Å²) in [5.41, 5.74) is 5.35. The van der Waals surface area contributed by atoms with Gasteiger partial charge in [-0.3, -0.25) is 22.5 Å². The van der Waals surface area contributed by atoms with Crippen LogP contribution in [0.4, 0.5) is 0 Å². The number of esters is 1. The molecule has 280 valence electrons. The number of amides is 1.